The molecule has 0 amide bonds. The highest BCUT2D eigenvalue weighted by Gasteiger charge is 2.21. The van der Waals surface area contributed by atoms with Gasteiger partial charge in [-0.2, -0.15) is 0 Å². The molecule has 0 atom stereocenters. The molecule has 0 aliphatic rings. The van der Waals surface area contributed by atoms with E-state index in [1.807, 2.05) is 25.1 Å². The molecule has 0 N–H and O–H groups in total. The first kappa shape index (κ1) is 13.9. The van der Waals surface area contributed by atoms with Crippen molar-refractivity contribution in [3.63, 3.8) is 0 Å². The molecule has 0 saturated carbocycles. The van der Waals surface area contributed by atoms with Crippen LogP contribution in [0, 0.1) is 6.92 Å². The van der Waals surface area contributed by atoms with Gasteiger partial charge in [0.1, 0.15) is 0 Å². The maximum Gasteiger partial charge on any atom is 0.264 e. The van der Waals surface area contributed by atoms with Crippen molar-refractivity contribution in [1.82, 2.24) is 0 Å². The van der Waals surface area contributed by atoms with Crippen LogP contribution in [0.5, 0.6) is 0 Å². The second kappa shape index (κ2) is 5.23. The van der Waals surface area contributed by atoms with Crippen LogP contribution in [0.2, 0.25) is 5.02 Å². The number of halogens is 1. The summed E-state index contributed by atoms with van der Waals surface area (Å²) in [7, 11) is -2.01. The summed E-state index contributed by atoms with van der Waals surface area (Å²) in [6.45, 7) is 1.88. The van der Waals surface area contributed by atoms with Crippen LogP contribution in [-0.2, 0) is 10.0 Å². The fourth-order valence-electron chi connectivity index (χ4n) is 1.81. The van der Waals surface area contributed by atoms with Crippen molar-refractivity contribution >= 4 is 27.3 Å². The van der Waals surface area contributed by atoms with E-state index in [2.05, 4.69) is 0 Å². The molecule has 100 valence electrons. The summed E-state index contributed by atoms with van der Waals surface area (Å²) in [5, 5.41) is 0.512. The van der Waals surface area contributed by atoms with Gasteiger partial charge in [0.15, 0.2) is 0 Å². The summed E-state index contributed by atoms with van der Waals surface area (Å²) in [5.41, 5.74) is 1.57. The molecule has 0 spiro atoms. The minimum absolute atomic E-state index is 0.225. The van der Waals surface area contributed by atoms with Gasteiger partial charge in [-0.25, -0.2) is 8.42 Å². The minimum atomic E-state index is -3.56. The largest absolute Gasteiger partial charge is 0.269 e. The Kier molecular flexibility index (Phi) is 3.83. The highest BCUT2D eigenvalue weighted by Crippen LogP contribution is 2.25. The van der Waals surface area contributed by atoms with Crippen LogP contribution in [0.25, 0.3) is 0 Å². The molecule has 0 unspecified atom stereocenters. The van der Waals surface area contributed by atoms with Crippen LogP contribution in [0.4, 0.5) is 5.69 Å². The third-order valence-electron chi connectivity index (χ3n) is 2.93. The number of rotatable bonds is 3. The first-order valence-corrected chi connectivity index (χ1v) is 7.55. The Balaban J connectivity index is 2.45. The maximum absolute atomic E-state index is 12.5. The standard InChI is InChI=1S/C14H14ClNO2S/c1-11-5-3-4-6-14(11)16(2)19(17,18)13-9-7-12(15)8-10-13/h3-10H,1-2H3. The summed E-state index contributed by atoms with van der Waals surface area (Å²) in [6, 6.07) is 13.5. The zero-order valence-corrected chi connectivity index (χ0v) is 12.2. The molecular weight excluding hydrogens is 282 g/mol. The summed E-state index contributed by atoms with van der Waals surface area (Å²) in [5.74, 6) is 0. The van der Waals surface area contributed by atoms with Crippen molar-refractivity contribution in [2.24, 2.45) is 0 Å². The Morgan fingerprint density at radius 1 is 1.00 bits per heavy atom. The number of para-hydroxylation sites is 1. The van der Waals surface area contributed by atoms with E-state index in [-0.39, 0.29) is 4.90 Å². The first-order chi connectivity index (χ1) is 8.93. The second-order valence-corrected chi connectivity index (χ2v) is 6.62. The molecule has 0 heterocycles. The molecule has 0 bridgehead atoms. The first-order valence-electron chi connectivity index (χ1n) is 5.73. The molecular formula is C14H14ClNO2S. The van der Waals surface area contributed by atoms with Gasteiger partial charge >= 0.3 is 0 Å². The van der Waals surface area contributed by atoms with Gasteiger partial charge in [-0.15, -0.1) is 0 Å². The average molecular weight is 296 g/mol. The van der Waals surface area contributed by atoms with Crippen molar-refractivity contribution < 1.29 is 8.42 Å². The number of benzene rings is 2. The van der Waals surface area contributed by atoms with Crippen LogP contribution in [-0.4, -0.2) is 15.5 Å². The summed E-state index contributed by atoms with van der Waals surface area (Å²) in [4.78, 5) is 0.225. The molecule has 19 heavy (non-hydrogen) atoms. The van der Waals surface area contributed by atoms with Crippen molar-refractivity contribution in [1.29, 1.82) is 0 Å². The zero-order valence-electron chi connectivity index (χ0n) is 10.7. The lowest BCUT2D eigenvalue weighted by molar-refractivity contribution is 0.594. The SMILES string of the molecule is Cc1ccccc1N(C)S(=O)(=O)c1ccc(Cl)cc1. The molecule has 0 aromatic heterocycles. The topological polar surface area (TPSA) is 37.4 Å². The van der Waals surface area contributed by atoms with Crippen LogP contribution >= 0.6 is 11.6 Å². The smallest absolute Gasteiger partial charge is 0.264 e. The molecule has 2 rings (SSSR count). The molecule has 2 aromatic rings. The lowest BCUT2D eigenvalue weighted by Gasteiger charge is -2.21. The van der Waals surface area contributed by atoms with E-state index in [0.717, 1.165) is 5.56 Å². The van der Waals surface area contributed by atoms with Gasteiger partial charge < -0.3 is 0 Å². The van der Waals surface area contributed by atoms with E-state index < -0.39 is 10.0 Å². The van der Waals surface area contributed by atoms with Crippen LogP contribution < -0.4 is 4.31 Å². The van der Waals surface area contributed by atoms with Gasteiger partial charge in [-0.3, -0.25) is 4.31 Å². The molecule has 0 aliphatic carbocycles. The predicted octanol–water partition coefficient (Wildman–Crippen LogP) is 3.47. The average Bonchev–Trinajstić information content (AvgIpc) is 2.39. The lowest BCUT2D eigenvalue weighted by atomic mass is 10.2. The molecule has 0 radical (unpaired) electrons. The fraction of sp³-hybridized carbons (Fsp3) is 0.143. The van der Waals surface area contributed by atoms with Crippen molar-refractivity contribution in [3.05, 3.63) is 59.1 Å². The predicted molar refractivity (Wildman–Crippen MR) is 78.2 cm³/mol. The third kappa shape index (κ3) is 2.74. The normalized spacial score (nSPS) is 11.3. The van der Waals surface area contributed by atoms with E-state index in [4.69, 9.17) is 11.6 Å². The number of anilines is 1. The van der Waals surface area contributed by atoms with Crippen molar-refractivity contribution in [2.75, 3.05) is 11.4 Å². The van der Waals surface area contributed by atoms with Gasteiger partial charge in [-0.05, 0) is 42.8 Å². The van der Waals surface area contributed by atoms with Gasteiger partial charge in [0.2, 0.25) is 0 Å². The van der Waals surface area contributed by atoms with Crippen molar-refractivity contribution in [2.45, 2.75) is 11.8 Å². The summed E-state index contributed by atoms with van der Waals surface area (Å²) >= 11 is 5.78. The molecule has 0 fully saturated rings. The number of aryl methyl sites for hydroxylation is 1. The number of nitrogens with zero attached hydrogens (tertiary/aromatic N) is 1. The third-order valence-corrected chi connectivity index (χ3v) is 4.96. The molecule has 3 nitrogen and oxygen atoms in total. The Morgan fingerprint density at radius 2 is 1.58 bits per heavy atom. The molecule has 2 aromatic carbocycles. The Bertz CT molecular complexity index is 681. The van der Waals surface area contributed by atoms with E-state index in [0.29, 0.717) is 10.7 Å². The monoisotopic (exact) mass is 295 g/mol. The maximum atomic E-state index is 12.5. The lowest BCUT2D eigenvalue weighted by Crippen LogP contribution is -2.27. The fourth-order valence-corrected chi connectivity index (χ4v) is 3.20. The van der Waals surface area contributed by atoms with Gasteiger partial charge in [-0.1, -0.05) is 29.8 Å². The van der Waals surface area contributed by atoms with E-state index in [1.165, 1.54) is 16.4 Å². The summed E-state index contributed by atoms with van der Waals surface area (Å²) in [6.07, 6.45) is 0. The Labute approximate surface area is 118 Å². The quantitative estimate of drug-likeness (QED) is 0.869. The Hall–Kier alpha value is -1.52. The van der Waals surface area contributed by atoms with Gasteiger partial charge in [0, 0.05) is 12.1 Å². The highest BCUT2D eigenvalue weighted by atomic mass is 35.5. The number of hydrogen-bond acceptors (Lipinski definition) is 2. The molecule has 0 aliphatic heterocycles. The van der Waals surface area contributed by atoms with Gasteiger partial charge in [0.25, 0.3) is 10.0 Å². The Morgan fingerprint density at radius 3 is 2.16 bits per heavy atom. The second-order valence-electron chi connectivity index (χ2n) is 4.21. The van der Waals surface area contributed by atoms with Crippen LogP contribution in [0.1, 0.15) is 5.56 Å². The van der Waals surface area contributed by atoms with Gasteiger partial charge in [0.05, 0.1) is 10.6 Å². The number of hydrogen-bond donors (Lipinski definition) is 0. The zero-order chi connectivity index (χ0) is 14.0. The van der Waals surface area contributed by atoms with Crippen molar-refractivity contribution in [3.8, 4) is 0 Å². The summed E-state index contributed by atoms with van der Waals surface area (Å²) < 4.78 is 26.2. The van der Waals surface area contributed by atoms with E-state index >= 15 is 0 Å². The van der Waals surface area contributed by atoms with Crippen LogP contribution in [0.3, 0.4) is 0 Å². The number of sulfonamides is 1. The van der Waals surface area contributed by atoms with E-state index in [1.54, 1.807) is 25.2 Å². The van der Waals surface area contributed by atoms with Crippen LogP contribution in [0.15, 0.2) is 53.4 Å². The molecule has 0 saturated heterocycles. The highest BCUT2D eigenvalue weighted by molar-refractivity contribution is 7.92. The molecule has 5 heteroatoms. The van der Waals surface area contributed by atoms with E-state index in [9.17, 15) is 8.42 Å². The minimum Gasteiger partial charge on any atom is -0.269 e.